The Morgan fingerprint density at radius 1 is 1.40 bits per heavy atom. The number of nitrogens with zero attached hydrogens (tertiary/aromatic N) is 1. The molecule has 0 aliphatic carbocycles. The lowest BCUT2D eigenvalue weighted by molar-refractivity contribution is -0.126. The predicted molar refractivity (Wildman–Crippen MR) is 99.0 cm³/mol. The molecule has 2 heterocycles. The maximum absolute atomic E-state index is 12.4. The van der Waals surface area contributed by atoms with Gasteiger partial charge in [-0.15, -0.1) is 0 Å². The van der Waals surface area contributed by atoms with Crippen molar-refractivity contribution in [3.8, 4) is 0 Å². The molecule has 0 radical (unpaired) electrons. The van der Waals surface area contributed by atoms with E-state index < -0.39 is 0 Å². The highest BCUT2D eigenvalue weighted by atomic mass is 35.5. The highest BCUT2D eigenvalue weighted by Crippen LogP contribution is 2.26. The molecule has 2 amide bonds. The van der Waals surface area contributed by atoms with E-state index in [2.05, 4.69) is 5.32 Å². The smallest absolute Gasteiger partial charge is 0.227 e. The Balaban J connectivity index is 1.58. The van der Waals surface area contributed by atoms with Crippen molar-refractivity contribution in [2.24, 2.45) is 5.92 Å². The number of anilines is 1. The summed E-state index contributed by atoms with van der Waals surface area (Å²) in [4.78, 5) is 26.3. The van der Waals surface area contributed by atoms with Gasteiger partial charge in [0.15, 0.2) is 0 Å². The zero-order valence-electron chi connectivity index (χ0n) is 13.8. The van der Waals surface area contributed by atoms with Crippen molar-refractivity contribution in [1.82, 2.24) is 5.32 Å². The van der Waals surface area contributed by atoms with Gasteiger partial charge in [-0.1, -0.05) is 11.6 Å². The van der Waals surface area contributed by atoms with Crippen LogP contribution < -0.4 is 10.2 Å². The number of hydrogen-bond donors (Lipinski definition) is 1. The van der Waals surface area contributed by atoms with Crippen LogP contribution in [0, 0.1) is 5.92 Å². The molecule has 0 saturated carbocycles. The molecule has 1 saturated heterocycles. The summed E-state index contributed by atoms with van der Waals surface area (Å²) in [5.41, 5.74) is 1.80. The van der Waals surface area contributed by atoms with E-state index in [1.165, 1.54) is 0 Å². The second-order valence-electron chi connectivity index (χ2n) is 5.91. The first-order valence-corrected chi connectivity index (χ1v) is 9.29. The van der Waals surface area contributed by atoms with Crippen molar-refractivity contribution < 1.29 is 14.3 Å². The second-order valence-corrected chi connectivity index (χ2v) is 7.12. The van der Waals surface area contributed by atoms with E-state index in [-0.39, 0.29) is 30.3 Å². The topological polar surface area (TPSA) is 58.6 Å². The molecular formula is C18H19ClN2O3S. The number of hydrogen-bond acceptors (Lipinski definition) is 4. The number of carbonyl (C=O) groups is 2. The molecule has 1 N–H and O–H groups in total. The van der Waals surface area contributed by atoms with Gasteiger partial charge in [0.05, 0.1) is 5.92 Å². The molecule has 1 aliphatic rings. The Bertz CT molecular complexity index is 733. The molecule has 2 atom stereocenters. The minimum absolute atomic E-state index is 0.0522. The molecule has 5 nitrogen and oxygen atoms in total. The number of thiophene rings is 1. The van der Waals surface area contributed by atoms with E-state index >= 15 is 0 Å². The van der Waals surface area contributed by atoms with Crippen LogP contribution in [-0.4, -0.2) is 32.0 Å². The van der Waals surface area contributed by atoms with Gasteiger partial charge < -0.3 is 15.0 Å². The summed E-state index contributed by atoms with van der Waals surface area (Å²) < 4.78 is 5.43. The summed E-state index contributed by atoms with van der Waals surface area (Å²) in [6, 6.07) is 9.03. The molecule has 1 aromatic heterocycles. The third-order valence-corrected chi connectivity index (χ3v) is 5.25. The van der Waals surface area contributed by atoms with Gasteiger partial charge in [0, 0.05) is 37.3 Å². The molecule has 132 valence electrons. The zero-order chi connectivity index (χ0) is 17.8. The van der Waals surface area contributed by atoms with Crippen molar-refractivity contribution in [2.45, 2.75) is 12.5 Å². The summed E-state index contributed by atoms with van der Waals surface area (Å²) >= 11 is 7.47. The van der Waals surface area contributed by atoms with Gasteiger partial charge in [-0.25, -0.2) is 0 Å². The number of nitrogens with one attached hydrogen (secondary N) is 1. The summed E-state index contributed by atoms with van der Waals surface area (Å²) in [7, 11) is 1.62. The summed E-state index contributed by atoms with van der Waals surface area (Å²) in [5.74, 6) is -0.533. The van der Waals surface area contributed by atoms with Gasteiger partial charge in [-0.05, 0) is 46.7 Å². The van der Waals surface area contributed by atoms with Crippen molar-refractivity contribution in [2.75, 3.05) is 25.1 Å². The van der Waals surface area contributed by atoms with Gasteiger partial charge in [-0.3, -0.25) is 9.59 Å². The van der Waals surface area contributed by atoms with Crippen molar-refractivity contribution >= 4 is 40.4 Å². The van der Waals surface area contributed by atoms with Crippen LogP contribution in [0.3, 0.4) is 0 Å². The van der Waals surface area contributed by atoms with Crippen LogP contribution in [0.4, 0.5) is 5.69 Å². The van der Waals surface area contributed by atoms with Crippen LogP contribution in [0.5, 0.6) is 0 Å². The van der Waals surface area contributed by atoms with Gasteiger partial charge in [-0.2, -0.15) is 11.3 Å². The van der Waals surface area contributed by atoms with E-state index in [0.717, 1.165) is 11.3 Å². The molecule has 7 heteroatoms. The maximum atomic E-state index is 12.4. The third kappa shape index (κ3) is 4.21. The number of methoxy groups -OCH3 is 1. The molecule has 2 aromatic rings. The molecule has 0 bridgehead atoms. The van der Waals surface area contributed by atoms with Gasteiger partial charge in [0.25, 0.3) is 0 Å². The van der Waals surface area contributed by atoms with Crippen LogP contribution in [0.2, 0.25) is 5.02 Å². The minimum Gasteiger partial charge on any atom is -0.375 e. The van der Waals surface area contributed by atoms with E-state index in [9.17, 15) is 9.59 Å². The lowest BCUT2D eigenvalue weighted by Gasteiger charge is -2.18. The highest BCUT2D eigenvalue weighted by Gasteiger charge is 2.35. The Kier molecular flexibility index (Phi) is 5.73. The molecule has 0 spiro atoms. The van der Waals surface area contributed by atoms with E-state index in [0.29, 0.717) is 18.1 Å². The van der Waals surface area contributed by atoms with Gasteiger partial charge >= 0.3 is 0 Å². The number of benzene rings is 1. The van der Waals surface area contributed by atoms with Gasteiger partial charge in [0.1, 0.15) is 6.10 Å². The summed E-state index contributed by atoms with van der Waals surface area (Å²) in [6.07, 6.45) is 0.0320. The standard InChI is InChI=1S/C18H19ClN2O3S/c1-24-16(12-6-7-25-11-12)9-20-18(23)13-8-17(22)21(10-13)15-4-2-14(19)3-5-15/h2-7,11,13,16H,8-10H2,1H3,(H,20,23). The molecule has 3 rings (SSSR count). The van der Waals surface area contributed by atoms with E-state index in [1.54, 1.807) is 47.6 Å². The SMILES string of the molecule is COC(CNC(=O)C1CC(=O)N(c2ccc(Cl)cc2)C1)c1ccsc1. The highest BCUT2D eigenvalue weighted by molar-refractivity contribution is 7.07. The number of ether oxygens (including phenoxy) is 1. The van der Waals surface area contributed by atoms with Gasteiger partial charge in [0.2, 0.25) is 11.8 Å². The molecule has 2 unspecified atom stereocenters. The third-order valence-electron chi connectivity index (χ3n) is 4.30. The fourth-order valence-corrected chi connectivity index (χ4v) is 3.71. The summed E-state index contributed by atoms with van der Waals surface area (Å²) in [5, 5.41) is 7.50. The van der Waals surface area contributed by atoms with Crippen molar-refractivity contribution in [3.05, 3.63) is 51.7 Å². The fraction of sp³-hybridized carbons (Fsp3) is 0.333. The Labute approximate surface area is 155 Å². The van der Waals surface area contributed by atoms with Crippen LogP contribution in [0.15, 0.2) is 41.1 Å². The van der Waals surface area contributed by atoms with E-state index in [4.69, 9.17) is 16.3 Å². The number of amides is 2. The fourth-order valence-electron chi connectivity index (χ4n) is 2.89. The van der Waals surface area contributed by atoms with Crippen LogP contribution in [0.1, 0.15) is 18.1 Å². The average Bonchev–Trinajstić information content (AvgIpc) is 3.26. The molecule has 25 heavy (non-hydrogen) atoms. The Hall–Kier alpha value is -1.89. The maximum Gasteiger partial charge on any atom is 0.227 e. The monoisotopic (exact) mass is 378 g/mol. The van der Waals surface area contributed by atoms with E-state index in [1.807, 2.05) is 16.8 Å². The number of rotatable bonds is 6. The lowest BCUT2D eigenvalue weighted by atomic mass is 10.1. The first kappa shape index (κ1) is 17.9. The normalized spacial score (nSPS) is 18.4. The number of carbonyl (C=O) groups excluding carboxylic acids is 2. The zero-order valence-corrected chi connectivity index (χ0v) is 15.3. The predicted octanol–water partition coefficient (Wildman–Crippen LogP) is 3.26. The minimum atomic E-state index is -0.358. The molecule has 1 aromatic carbocycles. The first-order valence-electron chi connectivity index (χ1n) is 7.97. The largest absolute Gasteiger partial charge is 0.375 e. The van der Waals surface area contributed by atoms with Crippen LogP contribution in [-0.2, 0) is 14.3 Å². The van der Waals surface area contributed by atoms with Crippen molar-refractivity contribution in [1.29, 1.82) is 0 Å². The summed E-state index contributed by atoms with van der Waals surface area (Å²) in [6.45, 7) is 0.764. The first-order chi connectivity index (χ1) is 12.1. The second kappa shape index (κ2) is 7.99. The quantitative estimate of drug-likeness (QED) is 0.839. The Morgan fingerprint density at radius 3 is 2.80 bits per heavy atom. The molecule has 1 aliphatic heterocycles. The molecule has 1 fully saturated rings. The van der Waals surface area contributed by atoms with Crippen LogP contribution in [0.25, 0.3) is 0 Å². The van der Waals surface area contributed by atoms with Crippen molar-refractivity contribution in [3.63, 3.8) is 0 Å². The average molecular weight is 379 g/mol. The van der Waals surface area contributed by atoms with Crippen LogP contribution >= 0.6 is 22.9 Å². The molecular weight excluding hydrogens is 360 g/mol. The number of halogens is 1. The lowest BCUT2D eigenvalue weighted by Crippen LogP contribution is -2.35. The Morgan fingerprint density at radius 2 is 2.16 bits per heavy atom.